The van der Waals surface area contributed by atoms with Crippen molar-refractivity contribution in [3.8, 4) is 0 Å². The minimum absolute atomic E-state index is 0.655. The van der Waals surface area contributed by atoms with Gasteiger partial charge in [0.1, 0.15) is 5.54 Å². The Hall–Kier alpha value is -1.32. The smallest absolute Gasteiger partial charge is 0.329 e. The Balaban J connectivity index is 2.52. The average Bonchev–Trinajstić information content (AvgIpc) is 2.82. The molecule has 0 aliphatic heterocycles. The summed E-state index contributed by atoms with van der Waals surface area (Å²) < 4.78 is 1.69. The fourth-order valence-corrected chi connectivity index (χ4v) is 1.97. The van der Waals surface area contributed by atoms with Crippen LogP contribution in [0, 0.1) is 0 Å². The molecule has 0 fully saturated rings. The molecule has 1 aromatic rings. The van der Waals surface area contributed by atoms with Crippen LogP contribution in [0.15, 0.2) is 18.7 Å². The molecule has 0 radical (unpaired) electrons. The molecule has 1 unspecified atom stereocenters. The molecule has 1 aromatic heterocycles. The molecule has 4 heteroatoms. The van der Waals surface area contributed by atoms with Gasteiger partial charge in [-0.1, -0.05) is 39.0 Å². The zero-order valence-corrected chi connectivity index (χ0v) is 10.7. The Bertz CT molecular complexity index is 335. The molecule has 1 heterocycles. The van der Waals surface area contributed by atoms with Gasteiger partial charge in [-0.2, -0.15) is 0 Å². The quantitative estimate of drug-likeness (QED) is 0.708. The number of aliphatic carboxylic acids is 1. The second-order valence-electron chi connectivity index (χ2n) is 4.71. The maximum absolute atomic E-state index is 11.4. The second-order valence-corrected chi connectivity index (χ2v) is 4.71. The molecule has 0 amide bonds. The highest BCUT2D eigenvalue weighted by Crippen LogP contribution is 2.24. The van der Waals surface area contributed by atoms with E-state index in [9.17, 15) is 9.90 Å². The van der Waals surface area contributed by atoms with Crippen molar-refractivity contribution in [1.29, 1.82) is 0 Å². The van der Waals surface area contributed by atoms with Gasteiger partial charge < -0.3 is 9.67 Å². The van der Waals surface area contributed by atoms with Crippen LogP contribution in [0.3, 0.4) is 0 Å². The Labute approximate surface area is 103 Å². The average molecular weight is 238 g/mol. The third-order valence-corrected chi connectivity index (χ3v) is 3.30. The summed E-state index contributed by atoms with van der Waals surface area (Å²) in [7, 11) is 0. The number of nitrogens with zero attached hydrogens (tertiary/aromatic N) is 2. The molecule has 96 valence electrons. The molecule has 0 saturated heterocycles. The third-order valence-electron chi connectivity index (χ3n) is 3.30. The molecular weight excluding hydrogens is 216 g/mol. The molecule has 0 aliphatic rings. The first-order valence-corrected chi connectivity index (χ1v) is 6.33. The van der Waals surface area contributed by atoms with E-state index >= 15 is 0 Å². The van der Waals surface area contributed by atoms with Crippen LogP contribution >= 0.6 is 0 Å². The zero-order valence-electron chi connectivity index (χ0n) is 10.7. The number of unbranched alkanes of at least 4 members (excludes halogenated alkanes) is 4. The van der Waals surface area contributed by atoms with Gasteiger partial charge >= 0.3 is 5.97 Å². The lowest BCUT2D eigenvalue weighted by atomic mass is 9.94. The maximum Gasteiger partial charge on any atom is 0.329 e. The van der Waals surface area contributed by atoms with Gasteiger partial charge in [0.2, 0.25) is 0 Å². The molecule has 1 rings (SSSR count). The predicted molar refractivity (Wildman–Crippen MR) is 66.9 cm³/mol. The molecule has 0 saturated carbocycles. The Kier molecular flexibility index (Phi) is 5.19. The van der Waals surface area contributed by atoms with E-state index in [0.717, 1.165) is 12.8 Å². The van der Waals surface area contributed by atoms with Crippen LogP contribution in [0.1, 0.15) is 52.4 Å². The molecule has 1 N–H and O–H groups in total. The predicted octanol–water partition coefficient (Wildman–Crippen LogP) is 3.04. The van der Waals surface area contributed by atoms with E-state index < -0.39 is 11.5 Å². The molecule has 17 heavy (non-hydrogen) atoms. The van der Waals surface area contributed by atoms with Crippen LogP contribution in [0.4, 0.5) is 0 Å². The molecular formula is C13H22N2O2. The summed E-state index contributed by atoms with van der Waals surface area (Å²) in [5.74, 6) is -0.786. The number of aromatic nitrogens is 2. The summed E-state index contributed by atoms with van der Waals surface area (Å²) in [5.41, 5.74) is -0.858. The van der Waals surface area contributed by atoms with Crippen LogP contribution < -0.4 is 0 Å². The summed E-state index contributed by atoms with van der Waals surface area (Å²) in [4.78, 5) is 15.3. The number of carboxylic acid groups (broad SMARTS) is 1. The van der Waals surface area contributed by atoms with Gasteiger partial charge in [0.25, 0.3) is 0 Å². The monoisotopic (exact) mass is 238 g/mol. The van der Waals surface area contributed by atoms with E-state index in [0.29, 0.717) is 6.42 Å². The van der Waals surface area contributed by atoms with E-state index in [1.165, 1.54) is 19.3 Å². The van der Waals surface area contributed by atoms with E-state index in [-0.39, 0.29) is 0 Å². The number of hydrogen-bond acceptors (Lipinski definition) is 2. The summed E-state index contributed by atoms with van der Waals surface area (Å²) in [6, 6.07) is 0. The van der Waals surface area contributed by atoms with Crippen LogP contribution in [0.25, 0.3) is 0 Å². The molecule has 0 aromatic carbocycles. The first-order chi connectivity index (χ1) is 8.11. The highest BCUT2D eigenvalue weighted by molar-refractivity contribution is 5.76. The van der Waals surface area contributed by atoms with Gasteiger partial charge in [0.05, 0.1) is 6.33 Å². The standard InChI is InChI=1S/C13H22N2O2/c1-3-4-5-6-7-8-13(2,12(16)17)15-10-9-14-11-15/h9-11H,3-8H2,1-2H3,(H,16,17). The highest BCUT2D eigenvalue weighted by atomic mass is 16.4. The van der Waals surface area contributed by atoms with Gasteiger partial charge in [-0.3, -0.25) is 0 Å². The van der Waals surface area contributed by atoms with Crippen molar-refractivity contribution < 1.29 is 9.90 Å². The molecule has 4 nitrogen and oxygen atoms in total. The summed E-state index contributed by atoms with van der Waals surface area (Å²) in [6.07, 6.45) is 11.3. The molecule has 0 spiro atoms. The first kappa shape index (κ1) is 13.7. The third kappa shape index (κ3) is 3.58. The fraction of sp³-hybridized carbons (Fsp3) is 0.692. The SMILES string of the molecule is CCCCCCCC(C)(C(=O)O)n1ccnc1. The summed E-state index contributed by atoms with van der Waals surface area (Å²) in [5, 5.41) is 9.36. The van der Waals surface area contributed by atoms with E-state index in [4.69, 9.17) is 0 Å². The summed E-state index contributed by atoms with van der Waals surface area (Å²) in [6.45, 7) is 3.93. The van der Waals surface area contributed by atoms with Gasteiger partial charge in [0, 0.05) is 12.4 Å². The van der Waals surface area contributed by atoms with Crippen molar-refractivity contribution in [3.05, 3.63) is 18.7 Å². The molecule has 0 aliphatic carbocycles. The maximum atomic E-state index is 11.4. The number of imidazole rings is 1. The van der Waals surface area contributed by atoms with E-state index in [1.54, 1.807) is 30.2 Å². The van der Waals surface area contributed by atoms with Crippen LogP contribution in [-0.2, 0) is 10.3 Å². The molecule has 1 atom stereocenters. The van der Waals surface area contributed by atoms with Crippen molar-refractivity contribution >= 4 is 5.97 Å². The minimum atomic E-state index is -0.858. The van der Waals surface area contributed by atoms with Crippen molar-refractivity contribution in [2.45, 2.75) is 57.9 Å². The zero-order chi connectivity index (χ0) is 12.7. The van der Waals surface area contributed by atoms with Gasteiger partial charge in [-0.25, -0.2) is 9.78 Å². The molecule has 0 bridgehead atoms. The van der Waals surface area contributed by atoms with Gasteiger partial charge in [-0.05, 0) is 13.3 Å². The van der Waals surface area contributed by atoms with E-state index in [1.807, 2.05) is 0 Å². The van der Waals surface area contributed by atoms with Gasteiger partial charge in [-0.15, -0.1) is 0 Å². The number of carboxylic acids is 1. The normalized spacial score (nSPS) is 14.5. The Morgan fingerprint density at radius 2 is 2.06 bits per heavy atom. The van der Waals surface area contributed by atoms with Crippen molar-refractivity contribution in [3.63, 3.8) is 0 Å². The van der Waals surface area contributed by atoms with Gasteiger partial charge in [0.15, 0.2) is 0 Å². The number of rotatable bonds is 8. The van der Waals surface area contributed by atoms with Crippen LogP contribution in [-0.4, -0.2) is 20.6 Å². The van der Waals surface area contributed by atoms with Crippen molar-refractivity contribution in [1.82, 2.24) is 9.55 Å². The second kappa shape index (κ2) is 6.42. The van der Waals surface area contributed by atoms with Crippen LogP contribution in [0.2, 0.25) is 0 Å². The van der Waals surface area contributed by atoms with Crippen molar-refractivity contribution in [2.24, 2.45) is 0 Å². The Morgan fingerprint density at radius 1 is 1.35 bits per heavy atom. The first-order valence-electron chi connectivity index (χ1n) is 6.33. The highest BCUT2D eigenvalue weighted by Gasteiger charge is 2.33. The number of carbonyl (C=O) groups is 1. The van der Waals surface area contributed by atoms with E-state index in [2.05, 4.69) is 11.9 Å². The van der Waals surface area contributed by atoms with Crippen molar-refractivity contribution in [2.75, 3.05) is 0 Å². The lowest BCUT2D eigenvalue weighted by molar-refractivity contribution is -0.147. The topological polar surface area (TPSA) is 55.1 Å². The van der Waals surface area contributed by atoms with Crippen LogP contribution in [0.5, 0.6) is 0 Å². The summed E-state index contributed by atoms with van der Waals surface area (Å²) >= 11 is 0. The lowest BCUT2D eigenvalue weighted by Gasteiger charge is -2.26. The minimum Gasteiger partial charge on any atom is -0.479 e. The lowest BCUT2D eigenvalue weighted by Crippen LogP contribution is -2.38. The number of hydrogen-bond donors (Lipinski definition) is 1. The largest absolute Gasteiger partial charge is 0.479 e. The fourth-order valence-electron chi connectivity index (χ4n) is 1.97. The Morgan fingerprint density at radius 3 is 2.59 bits per heavy atom.